The SMILES string of the molecule is CC(NCC1(N(C)C)CCC1)c1cc(F)cc(F)c1. The van der Waals surface area contributed by atoms with E-state index >= 15 is 0 Å². The van der Waals surface area contributed by atoms with Gasteiger partial charge in [-0.3, -0.25) is 0 Å². The molecule has 0 heterocycles. The Morgan fingerprint density at radius 2 is 1.79 bits per heavy atom. The van der Waals surface area contributed by atoms with Crippen LogP contribution in [0.4, 0.5) is 8.78 Å². The van der Waals surface area contributed by atoms with Crippen LogP contribution in [0.2, 0.25) is 0 Å². The van der Waals surface area contributed by atoms with Gasteiger partial charge in [0.25, 0.3) is 0 Å². The Labute approximate surface area is 113 Å². The van der Waals surface area contributed by atoms with E-state index in [1.165, 1.54) is 31.4 Å². The van der Waals surface area contributed by atoms with Gasteiger partial charge < -0.3 is 10.2 Å². The first-order valence-corrected chi connectivity index (χ1v) is 6.80. The molecule has 2 rings (SSSR count). The fourth-order valence-corrected chi connectivity index (χ4v) is 2.65. The highest BCUT2D eigenvalue weighted by atomic mass is 19.1. The summed E-state index contributed by atoms with van der Waals surface area (Å²) in [7, 11) is 4.18. The monoisotopic (exact) mass is 268 g/mol. The minimum absolute atomic E-state index is 0.0531. The molecule has 1 N–H and O–H groups in total. The summed E-state index contributed by atoms with van der Waals surface area (Å²) >= 11 is 0. The average molecular weight is 268 g/mol. The van der Waals surface area contributed by atoms with Crippen LogP contribution >= 0.6 is 0 Å². The highest BCUT2D eigenvalue weighted by Gasteiger charge is 2.38. The third kappa shape index (κ3) is 3.12. The summed E-state index contributed by atoms with van der Waals surface area (Å²) < 4.78 is 26.4. The molecule has 0 amide bonds. The summed E-state index contributed by atoms with van der Waals surface area (Å²) in [5, 5.41) is 3.40. The Kier molecular flexibility index (Phi) is 4.21. The van der Waals surface area contributed by atoms with Crippen molar-refractivity contribution in [1.82, 2.24) is 10.2 Å². The van der Waals surface area contributed by atoms with Crippen molar-refractivity contribution in [3.8, 4) is 0 Å². The molecule has 1 aromatic carbocycles. The third-order valence-electron chi connectivity index (χ3n) is 4.36. The maximum atomic E-state index is 13.2. The number of benzene rings is 1. The molecule has 1 aliphatic rings. The van der Waals surface area contributed by atoms with E-state index in [1.807, 2.05) is 6.92 Å². The van der Waals surface area contributed by atoms with Crippen molar-refractivity contribution in [3.05, 3.63) is 35.4 Å². The highest BCUT2D eigenvalue weighted by molar-refractivity contribution is 5.21. The van der Waals surface area contributed by atoms with Gasteiger partial charge in [0.05, 0.1) is 0 Å². The maximum Gasteiger partial charge on any atom is 0.126 e. The fraction of sp³-hybridized carbons (Fsp3) is 0.600. The summed E-state index contributed by atoms with van der Waals surface area (Å²) in [6.07, 6.45) is 3.61. The minimum atomic E-state index is -0.519. The Morgan fingerprint density at radius 3 is 2.21 bits per heavy atom. The van der Waals surface area contributed by atoms with Crippen LogP contribution in [0.1, 0.15) is 37.8 Å². The molecule has 19 heavy (non-hydrogen) atoms. The number of nitrogens with zero attached hydrogens (tertiary/aromatic N) is 1. The van der Waals surface area contributed by atoms with Crippen LogP contribution in [-0.4, -0.2) is 31.1 Å². The van der Waals surface area contributed by atoms with Gasteiger partial charge in [-0.15, -0.1) is 0 Å². The molecular weight excluding hydrogens is 246 g/mol. The Balaban J connectivity index is 1.99. The zero-order valence-corrected chi connectivity index (χ0v) is 11.8. The Hall–Kier alpha value is -1.00. The second-order valence-corrected chi connectivity index (χ2v) is 5.78. The van der Waals surface area contributed by atoms with E-state index in [4.69, 9.17) is 0 Å². The number of hydrogen-bond donors (Lipinski definition) is 1. The zero-order chi connectivity index (χ0) is 14.0. The lowest BCUT2D eigenvalue weighted by Gasteiger charge is -2.48. The maximum absolute atomic E-state index is 13.2. The van der Waals surface area contributed by atoms with E-state index in [0.29, 0.717) is 5.56 Å². The summed E-state index contributed by atoms with van der Waals surface area (Å²) in [6.45, 7) is 2.79. The van der Waals surface area contributed by atoms with Gasteiger partial charge in [-0.2, -0.15) is 0 Å². The predicted molar refractivity (Wildman–Crippen MR) is 73.0 cm³/mol. The lowest BCUT2D eigenvalue weighted by Crippen LogP contribution is -2.56. The summed E-state index contributed by atoms with van der Waals surface area (Å²) in [4.78, 5) is 2.25. The van der Waals surface area contributed by atoms with Crippen molar-refractivity contribution in [3.63, 3.8) is 0 Å². The topological polar surface area (TPSA) is 15.3 Å². The van der Waals surface area contributed by atoms with Crippen molar-refractivity contribution in [2.24, 2.45) is 0 Å². The number of rotatable bonds is 5. The molecule has 0 bridgehead atoms. The van der Waals surface area contributed by atoms with E-state index in [2.05, 4.69) is 24.3 Å². The largest absolute Gasteiger partial charge is 0.308 e. The van der Waals surface area contributed by atoms with Gasteiger partial charge in [-0.05, 0) is 58.0 Å². The first-order chi connectivity index (χ1) is 8.93. The third-order valence-corrected chi connectivity index (χ3v) is 4.36. The van der Waals surface area contributed by atoms with Crippen LogP contribution in [0.25, 0.3) is 0 Å². The van der Waals surface area contributed by atoms with E-state index in [-0.39, 0.29) is 11.6 Å². The van der Waals surface area contributed by atoms with Crippen molar-refractivity contribution >= 4 is 0 Å². The summed E-state index contributed by atoms with van der Waals surface area (Å²) in [6, 6.07) is 3.64. The molecule has 1 unspecified atom stereocenters. The van der Waals surface area contributed by atoms with Gasteiger partial charge in [-0.1, -0.05) is 0 Å². The molecule has 0 aromatic heterocycles. The zero-order valence-electron chi connectivity index (χ0n) is 11.8. The normalized spacial score (nSPS) is 19.3. The van der Waals surface area contributed by atoms with Gasteiger partial charge in [0, 0.05) is 24.2 Å². The van der Waals surface area contributed by atoms with E-state index in [9.17, 15) is 8.78 Å². The average Bonchev–Trinajstić information content (AvgIpc) is 2.25. The molecule has 1 aromatic rings. The van der Waals surface area contributed by atoms with Gasteiger partial charge in [0.15, 0.2) is 0 Å². The van der Waals surface area contributed by atoms with E-state index in [1.54, 1.807) is 0 Å². The first kappa shape index (κ1) is 14.4. The second-order valence-electron chi connectivity index (χ2n) is 5.78. The van der Waals surface area contributed by atoms with Gasteiger partial charge in [0.1, 0.15) is 11.6 Å². The standard InChI is InChI=1S/C15H22F2N2/c1-11(12-7-13(16)9-14(17)8-12)18-10-15(19(2)3)5-4-6-15/h7-9,11,18H,4-6,10H2,1-3H3. The molecule has 0 aliphatic heterocycles. The number of halogens is 2. The van der Waals surface area contributed by atoms with Crippen LogP contribution in [-0.2, 0) is 0 Å². The molecule has 2 nitrogen and oxygen atoms in total. The number of likely N-dealkylation sites (N-methyl/N-ethyl adjacent to an activating group) is 1. The van der Waals surface area contributed by atoms with Gasteiger partial charge >= 0.3 is 0 Å². The smallest absolute Gasteiger partial charge is 0.126 e. The molecular formula is C15H22F2N2. The molecule has 106 valence electrons. The van der Waals surface area contributed by atoms with Crippen LogP contribution < -0.4 is 5.32 Å². The van der Waals surface area contributed by atoms with E-state index in [0.717, 1.165) is 12.6 Å². The lowest BCUT2D eigenvalue weighted by atomic mass is 9.75. The molecule has 4 heteroatoms. The Bertz CT molecular complexity index is 422. The number of hydrogen-bond acceptors (Lipinski definition) is 2. The van der Waals surface area contributed by atoms with E-state index < -0.39 is 11.6 Å². The van der Waals surface area contributed by atoms with Gasteiger partial charge in [0.2, 0.25) is 0 Å². The van der Waals surface area contributed by atoms with Crippen molar-refractivity contribution in [1.29, 1.82) is 0 Å². The molecule has 1 fully saturated rings. The summed E-state index contributed by atoms with van der Waals surface area (Å²) in [5.74, 6) is -1.04. The second kappa shape index (κ2) is 5.55. The highest BCUT2D eigenvalue weighted by Crippen LogP contribution is 2.35. The van der Waals surface area contributed by atoms with Crippen LogP contribution in [0.15, 0.2) is 18.2 Å². The summed E-state index contributed by atoms with van der Waals surface area (Å²) in [5.41, 5.74) is 0.867. The van der Waals surface area contributed by atoms with Crippen molar-refractivity contribution in [2.75, 3.05) is 20.6 Å². The minimum Gasteiger partial charge on any atom is -0.308 e. The predicted octanol–water partition coefficient (Wildman–Crippen LogP) is 3.10. The molecule has 0 radical (unpaired) electrons. The Morgan fingerprint density at radius 1 is 1.21 bits per heavy atom. The molecule has 0 spiro atoms. The quantitative estimate of drug-likeness (QED) is 0.882. The lowest BCUT2D eigenvalue weighted by molar-refractivity contribution is 0.0576. The number of nitrogens with one attached hydrogen (secondary N) is 1. The fourth-order valence-electron chi connectivity index (χ4n) is 2.65. The first-order valence-electron chi connectivity index (χ1n) is 6.80. The van der Waals surface area contributed by atoms with Crippen LogP contribution in [0.5, 0.6) is 0 Å². The van der Waals surface area contributed by atoms with Crippen molar-refractivity contribution < 1.29 is 8.78 Å². The molecule has 1 aliphatic carbocycles. The molecule has 0 saturated heterocycles. The molecule has 1 saturated carbocycles. The van der Waals surface area contributed by atoms with Gasteiger partial charge in [-0.25, -0.2) is 8.78 Å². The molecule has 1 atom stereocenters. The van der Waals surface area contributed by atoms with Crippen LogP contribution in [0.3, 0.4) is 0 Å². The van der Waals surface area contributed by atoms with Crippen LogP contribution in [0, 0.1) is 11.6 Å². The van der Waals surface area contributed by atoms with Crippen molar-refractivity contribution in [2.45, 2.75) is 37.8 Å².